The van der Waals surface area contributed by atoms with Crippen molar-refractivity contribution in [2.24, 2.45) is 4.99 Å². The predicted octanol–water partition coefficient (Wildman–Crippen LogP) is 4.61. The summed E-state index contributed by atoms with van der Waals surface area (Å²) < 4.78 is 0. The van der Waals surface area contributed by atoms with E-state index in [0.29, 0.717) is 15.1 Å². The first-order valence-electron chi connectivity index (χ1n) is 7.76. The second kappa shape index (κ2) is 7.33. The Hall–Kier alpha value is -2.24. The number of anilines is 1. The average molecular weight is 372 g/mol. The maximum Gasteiger partial charge on any atom is 0.264 e. The highest BCUT2D eigenvalue weighted by atomic mass is 35.5. The molecule has 2 aromatic carbocycles. The second-order valence-electron chi connectivity index (χ2n) is 5.85. The standard InChI is InChI=1S/C19H18ClN3OS/c1-12-15(20)5-4-6-16(12)21-19-22-18(24)17(25-19)11-13-7-9-14(10-8-13)23(2)3/h4-11H,1-3H3,(H,21,22,24). The largest absolute Gasteiger partial charge is 0.378 e. The van der Waals surface area contributed by atoms with Gasteiger partial charge in [-0.25, -0.2) is 4.99 Å². The van der Waals surface area contributed by atoms with E-state index in [-0.39, 0.29) is 5.91 Å². The molecule has 6 heteroatoms. The summed E-state index contributed by atoms with van der Waals surface area (Å²) in [5.74, 6) is -0.139. The van der Waals surface area contributed by atoms with Gasteiger partial charge in [-0.3, -0.25) is 4.79 Å². The second-order valence-corrected chi connectivity index (χ2v) is 7.29. The SMILES string of the molecule is Cc1c(Cl)cccc1N=C1NC(=O)C(=Cc2ccc(N(C)C)cc2)S1. The molecule has 0 saturated carbocycles. The van der Waals surface area contributed by atoms with Crippen LogP contribution in [0.3, 0.4) is 0 Å². The molecule has 1 aliphatic rings. The van der Waals surface area contributed by atoms with Crippen molar-refractivity contribution >= 4 is 51.9 Å². The molecule has 128 valence electrons. The molecule has 2 aromatic rings. The number of nitrogens with one attached hydrogen (secondary N) is 1. The highest BCUT2D eigenvalue weighted by Gasteiger charge is 2.24. The van der Waals surface area contributed by atoms with Crippen LogP contribution in [-0.4, -0.2) is 25.2 Å². The van der Waals surface area contributed by atoms with Gasteiger partial charge in [-0.1, -0.05) is 29.8 Å². The average Bonchev–Trinajstić information content (AvgIpc) is 2.92. The summed E-state index contributed by atoms with van der Waals surface area (Å²) in [7, 11) is 3.99. The fraction of sp³-hybridized carbons (Fsp3) is 0.158. The summed E-state index contributed by atoms with van der Waals surface area (Å²) in [6.45, 7) is 1.91. The third-order valence-corrected chi connectivity index (χ3v) is 5.14. The van der Waals surface area contributed by atoms with Gasteiger partial charge < -0.3 is 10.2 Å². The highest BCUT2D eigenvalue weighted by Crippen LogP contribution is 2.31. The van der Waals surface area contributed by atoms with Crippen molar-refractivity contribution in [3.8, 4) is 0 Å². The van der Waals surface area contributed by atoms with Crippen LogP contribution in [0.1, 0.15) is 11.1 Å². The van der Waals surface area contributed by atoms with Crippen LogP contribution in [0.2, 0.25) is 5.02 Å². The zero-order chi connectivity index (χ0) is 18.0. The van der Waals surface area contributed by atoms with Crippen LogP contribution in [0, 0.1) is 6.92 Å². The van der Waals surface area contributed by atoms with Crippen LogP contribution in [0.5, 0.6) is 0 Å². The predicted molar refractivity (Wildman–Crippen MR) is 108 cm³/mol. The Kier molecular flexibility index (Phi) is 5.16. The fourth-order valence-corrected chi connectivity index (χ4v) is 3.33. The first-order chi connectivity index (χ1) is 11.9. The first kappa shape index (κ1) is 17.6. The molecule has 0 radical (unpaired) electrons. The molecule has 1 saturated heterocycles. The molecule has 0 atom stereocenters. The zero-order valence-corrected chi connectivity index (χ0v) is 15.8. The van der Waals surface area contributed by atoms with Gasteiger partial charge in [-0.05, 0) is 60.2 Å². The molecule has 0 aromatic heterocycles. The monoisotopic (exact) mass is 371 g/mol. The van der Waals surface area contributed by atoms with E-state index in [1.165, 1.54) is 11.8 Å². The number of amides is 1. The number of carbonyl (C=O) groups is 1. The maximum absolute atomic E-state index is 12.2. The van der Waals surface area contributed by atoms with E-state index < -0.39 is 0 Å². The minimum atomic E-state index is -0.139. The number of aliphatic imine (C=N–C) groups is 1. The molecule has 3 rings (SSSR count). The van der Waals surface area contributed by atoms with E-state index in [1.54, 1.807) is 0 Å². The third kappa shape index (κ3) is 4.06. The van der Waals surface area contributed by atoms with Crippen LogP contribution in [0.25, 0.3) is 6.08 Å². The Balaban J connectivity index is 1.82. The van der Waals surface area contributed by atoms with Crippen LogP contribution < -0.4 is 10.2 Å². The molecule has 25 heavy (non-hydrogen) atoms. The normalized spacial score (nSPS) is 17.2. The Bertz CT molecular complexity index is 873. The molecule has 0 aliphatic carbocycles. The van der Waals surface area contributed by atoms with Crippen molar-refractivity contribution in [2.45, 2.75) is 6.92 Å². The van der Waals surface area contributed by atoms with Gasteiger partial charge in [0.05, 0.1) is 10.6 Å². The molecule has 1 N–H and O–H groups in total. The van der Waals surface area contributed by atoms with Crippen molar-refractivity contribution in [3.63, 3.8) is 0 Å². The number of nitrogens with zero attached hydrogens (tertiary/aromatic N) is 2. The van der Waals surface area contributed by atoms with E-state index >= 15 is 0 Å². The quantitative estimate of drug-likeness (QED) is 0.801. The summed E-state index contributed by atoms with van der Waals surface area (Å²) in [6.07, 6.45) is 1.87. The van der Waals surface area contributed by atoms with E-state index in [9.17, 15) is 4.79 Å². The van der Waals surface area contributed by atoms with Gasteiger partial charge in [0.25, 0.3) is 5.91 Å². The number of amidine groups is 1. The van der Waals surface area contributed by atoms with Crippen molar-refractivity contribution in [3.05, 3.63) is 63.5 Å². The van der Waals surface area contributed by atoms with Crippen molar-refractivity contribution in [2.75, 3.05) is 19.0 Å². The molecule has 0 bridgehead atoms. The lowest BCUT2D eigenvalue weighted by atomic mass is 10.2. The number of benzene rings is 2. The fourth-order valence-electron chi connectivity index (χ4n) is 2.33. The molecular weight excluding hydrogens is 354 g/mol. The van der Waals surface area contributed by atoms with Gasteiger partial charge >= 0.3 is 0 Å². The molecule has 4 nitrogen and oxygen atoms in total. The van der Waals surface area contributed by atoms with E-state index in [1.807, 2.05) is 74.5 Å². The van der Waals surface area contributed by atoms with Crippen molar-refractivity contribution in [1.29, 1.82) is 0 Å². The molecule has 1 fully saturated rings. The summed E-state index contributed by atoms with van der Waals surface area (Å²) in [5.41, 5.74) is 3.74. The van der Waals surface area contributed by atoms with Gasteiger partial charge in [-0.15, -0.1) is 0 Å². The Morgan fingerprint density at radius 1 is 1.16 bits per heavy atom. The lowest BCUT2D eigenvalue weighted by Gasteiger charge is -2.11. The van der Waals surface area contributed by atoms with Crippen LogP contribution in [0.15, 0.2) is 52.4 Å². The molecule has 0 unspecified atom stereocenters. The summed E-state index contributed by atoms with van der Waals surface area (Å²) in [5, 5.41) is 4.03. The van der Waals surface area contributed by atoms with Gasteiger partial charge in [0.2, 0.25) is 0 Å². The number of hydrogen-bond acceptors (Lipinski definition) is 4. The molecule has 1 heterocycles. The third-order valence-electron chi connectivity index (χ3n) is 3.82. The van der Waals surface area contributed by atoms with E-state index in [2.05, 4.69) is 10.3 Å². The Labute approximate surface area is 156 Å². The van der Waals surface area contributed by atoms with Gasteiger partial charge in [0, 0.05) is 24.8 Å². The summed E-state index contributed by atoms with van der Waals surface area (Å²) in [4.78, 5) is 19.4. The molecule has 1 amide bonds. The smallest absolute Gasteiger partial charge is 0.264 e. The lowest BCUT2D eigenvalue weighted by molar-refractivity contribution is -0.115. The molecular formula is C19H18ClN3OS. The van der Waals surface area contributed by atoms with Gasteiger partial charge in [0.15, 0.2) is 5.17 Å². The van der Waals surface area contributed by atoms with Gasteiger partial charge in [-0.2, -0.15) is 0 Å². The number of thioether (sulfide) groups is 1. The Morgan fingerprint density at radius 2 is 1.88 bits per heavy atom. The number of carbonyl (C=O) groups excluding carboxylic acids is 1. The number of rotatable bonds is 3. The van der Waals surface area contributed by atoms with Crippen molar-refractivity contribution in [1.82, 2.24) is 5.32 Å². The molecule has 0 spiro atoms. The van der Waals surface area contributed by atoms with E-state index in [4.69, 9.17) is 11.6 Å². The van der Waals surface area contributed by atoms with Crippen LogP contribution >= 0.6 is 23.4 Å². The minimum Gasteiger partial charge on any atom is -0.378 e. The first-order valence-corrected chi connectivity index (χ1v) is 8.95. The van der Waals surface area contributed by atoms with Crippen molar-refractivity contribution < 1.29 is 4.79 Å². The van der Waals surface area contributed by atoms with Crippen LogP contribution in [0.4, 0.5) is 11.4 Å². The van der Waals surface area contributed by atoms with Gasteiger partial charge in [0.1, 0.15) is 0 Å². The lowest BCUT2D eigenvalue weighted by Crippen LogP contribution is -2.19. The van der Waals surface area contributed by atoms with E-state index in [0.717, 1.165) is 22.5 Å². The number of hydrogen-bond donors (Lipinski definition) is 1. The maximum atomic E-state index is 12.2. The van der Waals surface area contributed by atoms with Crippen LogP contribution in [-0.2, 0) is 4.79 Å². The summed E-state index contributed by atoms with van der Waals surface area (Å²) in [6, 6.07) is 13.6. The topological polar surface area (TPSA) is 44.7 Å². The summed E-state index contributed by atoms with van der Waals surface area (Å²) >= 11 is 7.45. The highest BCUT2D eigenvalue weighted by molar-refractivity contribution is 8.18. The number of halogens is 1. The minimum absolute atomic E-state index is 0.139. The Morgan fingerprint density at radius 3 is 2.56 bits per heavy atom. The molecule has 1 aliphatic heterocycles. The zero-order valence-electron chi connectivity index (χ0n) is 14.2.